The van der Waals surface area contributed by atoms with Crippen LogP contribution in [0.25, 0.3) is 6.08 Å². The van der Waals surface area contributed by atoms with E-state index in [1.165, 1.54) is 16.2 Å². The number of carbonyl (C=O) groups excluding carboxylic acids is 2. The average Bonchev–Trinajstić information content (AvgIpc) is 3.44. The van der Waals surface area contributed by atoms with Crippen molar-refractivity contribution < 1.29 is 30.0 Å². The Kier molecular flexibility index (Phi) is 7.86. The van der Waals surface area contributed by atoms with Gasteiger partial charge in [0.1, 0.15) is 5.75 Å². The number of rotatable bonds is 9. The van der Waals surface area contributed by atoms with Crippen LogP contribution < -0.4 is 0 Å². The molecule has 1 aromatic carbocycles. The normalized spacial score (nSPS) is 23.7. The number of phenolic OH excluding ortho intramolecular Hbond substituents is 1. The van der Waals surface area contributed by atoms with Crippen molar-refractivity contribution in [2.45, 2.75) is 38.8 Å². The molecule has 2 aromatic rings. The highest BCUT2D eigenvalue weighted by Gasteiger charge is 2.54. The maximum absolute atomic E-state index is 13.3. The van der Waals surface area contributed by atoms with Crippen LogP contribution in [0.5, 0.6) is 5.75 Å². The lowest BCUT2D eigenvalue weighted by molar-refractivity contribution is -0.140. The molecule has 2 heterocycles. The van der Waals surface area contributed by atoms with E-state index in [1.54, 1.807) is 18.2 Å². The van der Waals surface area contributed by atoms with E-state index in [0.29, 0.717) is 24.0 Å². The minimum absolute atomic E-state index is 0.177. The number of hydrogen-bond donors (Lipinski definition) is 4. The second-order valence-corrected chi connectivity index (χ2v) is 10.4. The summed E-state index contributed by atoms with van der Waals surface area (Å²) in [7, 11) is 0. The standard InChI is InChI=1S/C27H31NO6S/c1-16(10-17-4-2-5-19(31)11-17)7-8-23(32)24-18(14-29)12-21-25(22(24)15-30)27(34)28(26(21)33)13-20-6-3-9-35-20/h2-6,9-11,21-23,25,29-32H,7-8,12-15H2,1H3/b16-10+/t21-,22+,23-,25-/m1/s1. The lowest BCUT2D eigenvalue weighted by atomic mass is 9.68. The number of benzene rings is 1. The third-order valence-electron chi connectivity index (χ3n) is 7.01. The first kappa shape index (κ1) is 25.3. The van der Waals surface area contributed by atoms with Crippen LogP contribution in [0.1, 0.15) is 36.6 Å². The van der Waals surface area contributed by atoms with Gasteiger partial charge in [0.05, 0.1) is 37.7 Å². The van der Waals surface area contributed by atoms with Gasteiger partial charge in [-0.3, -0.25) is 14.5 Å². The zero-order chi connectivity index (χ0) is 25.1. The van der Waals surface area contributed by atoms with E-state index < -0.39 is 23.9 Å². The molecular weight excluding hydrogens is 466 g/mol. The molecule has 0 radical (unpaired) electrons. The van der Waals surface area contributed by atoms with Crippen LogP contribution in [0.3, 0.4) is 0 Å². The maximum atomic E-state index is 13.3. The van der Waals surface area contributed by atoms with E-state index >= 15 is 0 Å². The largest absolute Gasteiger partial charge is 0.508 e. The highest BCUT2D eigenvalue weighted by molar-refractivity contribution is 7.09. The monoisotopic (exact) mass is 497 g/mol. The predicted octanol–water partition coefficient (Wildman–Crippen LogP) is 3.10. The number of nitrogens with zero attached hydrogens (tertiary/aromatic N) is 1. The van der Waals surface area contributed by atoms with Gasteiger partial charge >= 0.3 is 0 Å². The number of hydrogen-bond acceptors (Lipinski definition) is 7. The summed E-state index contributed by atoms with van der Waals surface area (Å²) in [6.07, 6.45) is 2.05. The molecule has 2 amide bonds. The number of aliphatic hydroxyl groups excluding tert-OH is 3. The first-order chi connectivity index (χ1) is 16.8. The van der Waals surface area contributed by atoms with Crippen LogP contribution in [0, 0.1) is 17.8 Å². The summed E-state index contributed by atoms with van der Waals surface area (Å²) in [6.45, 7) is 1.41. The van der Waals surface area contributed by atoms with Crippen LogP contribution in [0.4, 0.5) is 0 Å². The van der Waals surface area contributed by atoms with Crippen molar-refractivity contribution >= 4 is 29.2 Å². The van der Waals surface area contributed by atoms with Crippen molar-refractivity contribution in [3.63, 3.8) is 0 Å². The predicted molar refractivity (Wildman–Crippen MR) is 133 cm³/mol. The molecule has 4 rings (SSSR count). The number of amides is 2. The van der Waals surface area contributed by atoms with E-state index in [2.05, 4.69) is 0 Å². The summed E-state index contributed by atoms with van der Waals surface area (Å²) in [6, 6.07) is 10.6. The second kappa shape index (κ2) is 10.9. The average molecular weight is 498 g/mol. The Balaban J connectivity index is 1.52. The molecule has 8 heteroatoms. The summed E-state index contributed by atoms with van der Waals surface area (Å²) >= 11 is 1.47. The van der Waals surface area contributed by atoms with Gasteiger partial charge in [-0.25, -0.2) is 0 Å². The zero-order valence-electron chi connectivity index (χ0n) is 19.6. The Labute approximate surface area is 208 Å². The van der Waals surface area contributed by atoms with E-state index in [4.69, 9.17) is 0 Å². The van der Waals surface area contributed by atoms with Gasteiger partial charge in [-0.2, -0.15) is 0 Å². The van der Waals surface area contributed by atoms with Gasteiger partial charge in [-0.05, 0) is 66.5 Å². The molecule has 0 saturated carbocycles. The third-order valence-corrected chi connectivity index (χ3v) is 7.87. The Bertz CT molecular complexity index is 1140. The van der Waals surface area contributed by atoms with E-state index in [1.807, 2.05) is 36.6 Å². The maximum Gasteiger partial charge on any atom is 0.234 e. The molecule has 0 unspecified atom stereocenters. The highest BCUT2D eigenvalue weighted by atomic mass is 32.1. The van der Waals surface area contributed by atoms with Gasteiger partial charge in [0.15, 0.2) is 0 Å². The van der Waals surface area contributed by atoms with Gasteiger partial charge in [0.2, 0.25) is 11.8 Å². The van der Waals surface area contributed by atoms with Gasteiger partial charge in [-0.1, -0.05) is 29.8 Å². The van der Waals surface area contributed by atoms with Crippen LogP contribution in [0.2, 0.25) is 0 Å². The summed E-state index contributed by atoms with van der Waals surface area (Å²) in [5.41, 5.74) is 2.86. The third kappa shape index (κ3) is 5.26. The number of allylic oxidation sites excluding steroid dienone is 1. The summed E-state index contributed by atoms with van der Waals surface area (Å²) < 4.78 is 0. The van der Waals surface area contributed by atoms with E-state index in [0.717, 1.165) is 16.0 Å². The summed E-state index contributed by atoms with van der Waals surface area (Å²) in [4.78, 5) is 28.6. The number of imide groups is 1. The molecule has 0 bridgehead atoms. The second-order valence-electron chi connectivity index (χ2n) is 9.32. The Morgan fingerprint density at radius 1 is 1.20 bits per heavy atom. The molecule has 7 nitrogen and oxygen atoms in total. The van der Waals surface area contributed by atoms with E-state index in [-0.39, 0.29) is 43.7 Å². The SMILES string of the molecule is C/C(=C\c1cccc(O)c1)CC[C@@H](O)C1=C(CO)C[C@H]2C(=O)N(Cc3cccs3)C(=O)[C@H]2[C@H]1CO. The minimum atomic E-state index is -0.961. The summed E-state index contributed by atoms with van der Waals surface area (Å²) in [5.74, 6) is -2.52. The number of aromatic hydroxyl groups is 1. The van der Waals surface area contributed by atoms with Gasteiger partial charge < -0.3 is 20.4 Å². The molecule has 1 aromatic heterocycles. The Morgan fingerprint density at radius 2 is 2.00 bits per heavy atom. The van der Waals surface area contributed by atoms with Crippen LogP contribution in [0.15, 0.2) is 58.5 Å². The molecule has 1 fully saturated rings. The number of phenols is 1. The van der Waals surface area contributed by atoms with Crippen LogP contribution >= 0.6 is 11.3 Å². The number of fused-ring (bicyclic) bond motifs is 1. The molecule has 186 valence electrons. The molecule has 4 N–H and O–H groups in total. The fourth-order valence-electron chi connectivity index (χ4n) is 5.38. The molecule has 1 saturated heterocycles. The lowest BCUT2D eigenvalue weighted by Crippen LogP contribution is -2.39. The highest BCUT2D eigenvalue weighted by Crippen LogP contribution is 2.46. The molecule has 1 aliphatic heterocycles. The number of aliphatic hydroxyl groups is 3. The molecule has 2 aliphatic rings. The fraction of sp³-hybridized carbons (Fsp3) is 0.407. The molecular formula is C27H31NO6S. The van der Waals surface area contributed by atoms with Crippen molar-refractivity contribution in [2.24, 2.45) is 17.8 Å². The lowest BCUT2D eigenvalue weighted by Gasteiger charge is -2.36. The number of likely N-dealkylation sites (tertiary alicyclic amines) is 1. The van der Waals surface area contributed by atoms with Gasteiger partial charge in [0.25, 0.3) is 0 Å². The number of thiophene rings is 1. The van der Waals surface area contributed by atoms with Crippen molar-refractivity contribution in [1.29, 1.82) is 0 Å². The molecule has 1 aliphatic carbocycles. The number of carbonyl (C=O) groups is 2. The van der Waals surface area contributed by atoms with E-state index in [9.17, 15) is 30.0 Å². The molecule has 35 heavy (non-hydrogen) atoms. The molecule has 0 spiro atoms. The summed E-state index contributed by atoms with van der Waals surface area (Å²) in [5, 5.41) is 43.0. The van der Waals surface area contributed by atoms with Gasteiger partial charge in [-0.15, -0.1) is 11.3 Å². The zero-order valence-corrected chi connectivity index (χ0v) is 20.4. The Hall–Kier alpha value is -2.78. The minimum Gasteiger partial charge on any atom is -0.508 e. The first-order valence-corrected chi connectivity index (χ1v) is 12.7. The quantitative estimate of drug-likeness (QED) is 0.312. The fourth-order valence-corrected chi connectivity index (χ4v) is 6.07. The smallest absolute Gasteiger partial charge is 0.234 e. The van der Waals surface area contributed by atoms with Gasteiger partial charge in [0, 0.05) is 10.8 Å². The van der Waals surface area contributed by atoms with Crippen LogP contribution in [-0.4, -0.2) is 56.5 Å². The van der Waals surface area contributed by atoms with Crippen molar-refractivity contribution in [2.75, 3.05) is 13.2 Å². The first-order valence-electron chi connectivity index (χ1n) is 11.8. The van der Waals surface area contributed by atoms with Crippen molar-refractivity contribution in [1.82, 2.24) is 4.90 Å². The molecule has 4 atom stereocenters. The topological polar surface area (TPSA) is 118 Å². The Morgan fingerprint density at radius 3 is 2.66 bits per heavy atom. The van der Waals surface area contributed by atoms with Crippen molar-refractivity contribution in [3.05, 3.63) is 68.9 Å². The van der Waals surface area contributed by atoms with Crippen LogP contribution in [-0.2, 0) is 16.1 Å². The van der Waals surface area contributed by atoms with Crippen molar-refractivity contribution in [3.8, 4) is 5.75 Å².